The topological polar surface area (TPSA) is 63.8 Å². The molecule has 0 radical (unpaired) electrons. The summed E-state index contributed by atoms with van der Waals surface area (Å²) in [6, 6.07) is 7.61. The number of hydrogen-bond acceptors (Lipinski definition) is 3. The van der Waals surface area contributed by atoms with Crippen LogP contribution < -0.4 is 11.3 Å². The molecule has 0 atom stereocenters. The summed E-state index contributed by atoms with van der Waals surface area (Å²) in [4.78, 5) is 13.8. The molecule has 0 aliphatic rings. The molecule has 0 bridgehead atoms. The van der Waals surface area contributed by atoms with E-state index in [-0.39, 0.29) is 5.56 Å². The van der Waals surface area contributed by atoms with Gasteiger partial charge in [-0.05, 0) is 49.2 Å². The van der Waals surface area contributed by atoms with E-state index in [1.807, 2.05) is 6.07 Å². The van der Waals surface area contributed by atoms with Crippen LogP contribution in [0.2, 0.25) is 0 Å². The molecule has 1 heterocycles. The Morgan fingerprint density at radius 3 is 2.79 bits per heavy atom. The van der Waals surface area contributed by atoms with Gasteiger partial charge in [0, 0.05) is 12.6 Å². The summed E-state index contributed by atoms with van der Waals surface area (Å²) in [5.74, 6) is 0.402. The Balaban J connectivity index is 2.27. The molecular weight excluding hydrogens is 258 g/mol. The molecule has 0 saturated heterocycles. The van der Waals surface area contributed by atoms with Gasteiger partial charge >= 0.3 is 0 Å². The number of benzene rings is 1. The fraction of sp³-hybridized carbons (Fsp3) is 0.286. The largest absolute Gasteiger partial charge is 0.385 e. The van der Waals surface area contributed by atoms with Crippen molar-refractivity contribution in [1.82, 2.24) is 9.55 Å². The molecule has 0 spiro atoms. The van der Waals surface area contributed by atoms with E-state index in [1.54, 1.807) is 4.57 Å². The number of nitrogens with one attached hydrogen (secondary N) is 1. The number of aromatic amines is 1. The van der Waals surface area contributed by atoms with Crippen LogP contribution in [-0.2, 0) is 13.0 Å². The van der Waals surface area contributed by atoms with Crippen molar-refractivity contribution in [1.29, 1.82) is 0 Å². The van der Waals surface area contributed by atoms with Crippen molar-refractivity contribution in [2.75, 3.05) is 5.73 Å². The Morgan fingerprint density at radius 2 is 2.11 bits per heavy atom. The molecule has 0 fully saturated rings. The first-order chi connectivity index (χ1) is 8.99. The SMILES string of the molecule is Cc1cccc(CCn2c(N)cc(=O)[nH]c2=S)c1C. The van der Waals surface area contributed by atoms with Crippen LogP contribution in [0.15, 0.2) is 29.1 Å². The lowest BCUT2D eigenvalue weighted by Crippen LogP contribution is -2.17. The molecule has 0 saturated carbocycles. The summed E-state index contributed by atoms with van der Waals surface area (Å²) in [5, 5.41) is 0. The number of nitrogen functional groups attached to an aromatic ring is 1. The van der Waals surface area contributed by atoms with Gasteiger partial charge in [-0.2, -0.15) is 0 Å². The molecule has 0 unspecified atom stereocenters. The van der Waals surface area contributed by atoms with E-state index in [0.29, 0.717) is 17.1 Å². The second-order valence-electron chi connectivity index (χ2n) is 4.62. The van der Waals surface area contributed by atoms with Crippen molar-refractivity contribution in [3.8, 4) is 0 Å². The summed E-state index contributed by atoms with van der Waals surface area (Å²) in [6.45, 7) is 4.87. The second-order valence-corrected chi connectivity index (χ2v) is 5.01. The number of H-pyrrole nitrogens is 1. The van der Waals surface area contributed by atoms with Crippen LogP contribution in [0.5, 0.6) is 0 Å². The van der Waals surface area contributed by atoms with E-state index in [2.05, 4.69) is 31.0 Å². The van der Waals surface area contributed by atoms with Crippen LogP contribution in [0.1, 0.15) is 16.7 Å². The van der Waals surface area contributed by atoms with Crippen molar-refractivity contribution in [2.45, 2.75) is 26.8 Å². The van der Waals surface area contributed by atoms with Gasteiger partial charge in [0.15, 0.2) is 4.77 Å². The predicted octanol–water partition coefficient (Wildman–Crippen LogP) is 2.35. The minimum Gasteiger partial charge on any atom is -0.385 e. The van der Waals surface area contributed by atoms with Crippen molar-refractivity contribution in [3.63, 3.8) is 0 Å². The molecular formula is C14H17N3OS. The van der Waals surface area contributed by atoms with E-state index in [9.17, 15) is 4.79 Å². The maximum absolute atomic E-state index is 11.2. The highest BCUT2D eigenvalue weighted by Gasteiger charge is 2.04. The fourth-order valence-corrected chi connectivity index (χ4v) is 2.38. The lowest BCUT2D eigenvalue weighted by atomic mass is 10.0. The van der Waals surface area contributed by atoms with Gasteiger partial charge in [0.1, 0.15) is 5.82 Å². The number of nitrogens with zero attached hydrogens (tertiary/aromatic N) is 1. The van der Waals surface area contributed by atoms with Gasteiger partial charge < -0.3 is 10.3 Å². The molecule has 1 aromatic heterocycles. The standard InChI is InChI=1S/C14H17N3OS/c1-9-4-3-5-11(10(9)2)6-7-17-12(15)8-13(18)16-14(17)19/h3-5,8H,6-7,15H2,1-2H3,(H,16,18,19). The number of rotatable bonds is 3. The summed E-state index contributed by atoms with van der Waals surface area (Å²) in [6.07, 6.45) is 0.831. The summed E-state index contributed by atoms with van der Waals surface area (Å²) >= 11 is 5.13. The van der Waals surface area contributed by atoms with E-state index >= 15 is 0 Å². The van der Waals surface area contributed by atoms with E-state index in [4.69, 9.17) is 18.0 Å². The lowest BCUT2D eigenvalue weighted by Gasteiger charge is -2.12. The number of hydrogen-bond donors (Lipinski definition) is 2. The average molecular weight is 275 g/mol. The van der Waals surface area contributed by atoms with Crippen molar-refractivity contribution in [2.24, 2.45) is 0 Å². The van der Waals surface area contributed by atoms with Crippen molar-refractivity contribution < 1.29 is 0 Å². The monoisotopic (exact) mass is 275 g/mol. The average Bonchev–Trinajstić information content (AvgIpc) is 2.33. The Labute approximate surface area is 116 Å². The normalized spacial score (nSPS) is 10.6. The highest BCUT2D eigenvalue weighted by Crippen LogP contribution is 2.14. The third-order valence-corrected chi connectivity index (χ3v) is 3.71. The van der Waals surface area contributed by atoms with Gasteiger partial charge in [-0.15, -0.1) is 0 Å². The maximum Gasteiger partial charge on any atom is 0.253 e. The molecule has 5 heteroatoms. The maximum atomic E-state index is 11.2. The van der Waals surface area contributed by atoms with Gasteiger partial charge in [-0.25, -0.2) is 0 Å². The molecule has 2 rings (SSSR count). The number of aryl methyl sites for hydroxylation is 2. The highest BCUT2D eigenvalue weighted by molar-refractivity contribution is 7.71. The molecule has 2 aromatic rings. The van der Waals surface area contributed by atoms with Crippen LogP contribution in [0.3, 0.4) is 0 Å². The Kier molecular flexibility index (Phi) is 3.85. The first-order valence-electron chi connectivity index (χ1n) is 6.14. The van der Waals surface area contributed by atoms with Crippen LogP contribution in [0, 0.1) is 18.6 Å². The lowest BCUT2D eigenvalue weighted by molar-refractivity contribution is 0.670. The number of anilines is 1. The molecule has 3 N–H and O–H groups in total. The summed E-state index contributed by atoms with van der Waals surface area (Å²) in [7, 11) is 0. The highest BCUT2D eigenvalue weighted by atomic mass is 32.1. The number of nitrogens with two attached hydrogens (primary N) is 1. The second kappa shape index (κ2) is 5.40. The molecule has 0 amide bonds. The van der Waals surface area contributed by atoms with Crippen LogP contribution >= 0.6 is 12.2 Å². The van der Waals surface area contributed by atoms with Crippen LogP contribution in [-0.4, -0.2) is 9.55 Å². The van der Waals surface area contributed by atoms with Gasteiger partial charge in [0.25, 0.3) is 5.56 Å². The third kappa shape index (κ3) is 2.93. The van der Waals surface area contributed by atoms with Gasteiger partial charge in [0.2, 0.25) is 0 Å². The fourth-order valence-electron chi connectivity index (χ4n) is 2.08. The molecule has 1 aromatic carbocycles. The zero-order chi connectivity index (χ0) is 14.0. The zero-order valence-corrected chi connectivity index (χ0v) is 11.9. The molecule has 0 aliphatic heterocycles. The predicted molar refractivity (Wildman–Crippen MR) is 79.9 cm³/mol. The van der Waals surface area contributed by atoms with Crippen LogP contribution in [0.4, 0.5) is 5.82 Å². The van der Waals surface area contributed by atoms with Gasteiger partial charge in [0.05, 0.1) is 0 Å². The first-order valence-corrected chi connectivity index (χ1v) is 6.54. The zero-order valence-electron chi connectivity index (χ0n) is 11.1. The molecule has 19 heavy (non-hydrogen) atoms. The molecule has 100 valence electrons. The van der Waals surface area contributed by atoms with Gasteiger partial charge in [-0.1, -0.05) is 18.2 Å². The quantitative estimate of drug-likeness (QED) is 0.845. The molecule has 0 aliphatic carbocycles. The van der Waals surface area contributed by atoms with Crippen LogP contribution in [0.25, 0.3) is 0 Å². The minimum atomic E-state index is -0.259. The van der Waals surface area contributed by atoms with E-state index in [1.165, 1.54) is 22.8 Å². The van der Waals surface area contributed by atoms with E-state index < -0.39 is 0 Å². The van der Waals surface area contributed by atoms with Gasteiger partial charge in [-0.3, -0.25) is 9.78 Å². The van der Waals surface area contributed by atoms with Crippen molar-refractivity contribution in [3.05, 3.63) is 56.1 Å². The Hall–Kier alpha value is -1.88. The minimum absolute atomic E-state index is 0.259. The summed E-state index contributed by atoms with van der Waals surface area (Å²) < 4.78 is 2.12. The summed E-state index contributed by atoms with van der Waals surface area (Å²) in [5.41, 5.74) is 9.41. The van der Waals surface area contributed by atoms with E-state index in [0.717, 1.165) is 6.42 Å². The third-order valence-electron chi connectivity index (χ3n) is 3.39. The smallest absolute Gasteiger partial charge is 0.253 e. The number of aromatic nitrogens is 2. The van der Waals surface area contributed by atoms with Crippen molar-refractivity contribution >= 4 is 18.0 Å². The Morgan fingerprint density at radius 1 is 1.37 bits per heavy atom. The molecule has 4 nitrogen and oxygen atoms in total. The first kappa shape index (κ1) is 13.5. The Bertz CT molecular complexity index is 715.